The Morgan fingerprint density at radius 1 is 1.15 bits per heavy atom. The van der Waals surface area contributed by atoms with E-state index >= 15 is 0 Å². The predicted octanol–water partition coefficient (Wildman–Crippen LogP) is 2.76. The third-order valence-electron chi connectivity index (χ3n) is 4.50. The lowest BCUT2D eigenvalue weighted by Crippen LogP contribution is -2.35. The first-order chi connectivity index (χ1) is 12.7. The van der Waals surface area contributed by atoms with Crippen molar-refractivity contribution >= 4 is 39.9 Å². The molecular formula is C18H19N5O2S. The zero-order chi connectivity index (χ0) is 18.1. The standard InChI is InChI=1S/C18H19N5O2S/c1-25-13-7-5-12(6-8-13)11-14-15(19)23-17(20-16(14)24)26-18(21-23)22-9-3-2-4-10-22/h5-8,11,19H,2-4,9-10H2,1H3/b14-11-,19-15?. The van der Waals surface area contributed by atoms with Crippen LogP contribution in [0.2, 0.25) is 0 Å². The van der Waals surface area contributed by atoms with E-state index < -0.39 is 5.91 Å². The molecule has 26 heavy (non-hydrogen) atoms. The molecule has 134 valence electrons. The Morgan fingerprint density at radius 2 is 1.88 bits per heavy atom. The topological polar surface area (TPSA) is 81.3 Å². The summed E-state index contributed by atoms with van der Waals surface area (Å²) in [4.78, 5) is 18.8. The first-order valence-corrected chi connectivity index (χ1v) is 9.36. The summed E-state index contributed by atoms with van der Waals surface area (Å²) in [7, 11) is 1.60. The summed E-state index contributed by atoms with van der Waals surface area (Å²) < 4.78 is 5.14. The molecule has 8 heteroatoms. The van der Waals surface area contributed by atoms with Gasteiger partial charge < -0.3 is 9.64 Å². The number of piperidine rings is 1. The minimum atomic E-state index is -0.403. The summed E-state index contributed by atoms with van der Waals surface area (Å²) in [5.74, 6) is 0.402. The molecule has 0 atom stereocenters. The maximum absolute atomic E-state index is 12.4. The molecule has 0 aromatic heterocycles. The van der Waals surface area contributed by atoms with E-state index in [0.717, 1.165) is 42.4 Å². The van der Waals surface area contributed by atoms with Gasteiger partial charge in [-0.3, -0.25) is 10.2 Å². The second-order valence-electron chi connectivity index (χ2n) is 6.22. The molecule has 0 aliphatic carbocycles. The van der Waals surface area contributed by atoms with Crippen molar-refractivity contribution in [2.24, 2.45) is 10.1 Å². The number of nitrogens with one attached hydrogen (secondary N) is 1. The molecule has 3 aliphatic heterocycles. The third kappa shape index (κ3) is 3.12. The summed E-state index contributed by atoms with van der Waals surface area (Å²) >= 11 is 1.37. The molecular weight excluding hydrogens is 350 g/mol. The zero-order valence-electron chi connectivity index (χ0n) is 14.4. The summed E-state index contributed by atoms with van der Waals surface area (Å²) in [6.45, 7) is 1.92. The fourth-order valence-electron chi connectivity index (χ4n) is 3.06. The van der Waals surface area contributed by atoms with Gasteiger partial charge in [-0.1, -0.05) is 12.1 Å². The van der Waals surface area contributed by atoms with Crippen LogP contribution < -0.4 is 4.74 Å². The highest BCUT2D eigenvalue weighted by Gasteiger charge is 2.37. The van der Waals surface area contributed by atoms with Crippen LogP contribution in [0.15, 0.2) is 39.9 Å². The monoisotopic (exact) mass is 369 g/mol. The molecule has 0 spiro atoms. The maximum Gasteiger partial charge on any atom is 0.283 e. The van der Waals surface area contributed by atoms with Gasteiger partial charge >= 0.3 is 0 Å². The molecule has 0 saturated carbocycles. The van der Waals surface area contributed by atoms with Gasteiger partial charge in [-0.15, -0.1) is 5.10 Å². The number of carbonyl (C=O) groups excluding carboxylic acids is 1. The molecule has 1 saturated heterocycles. The van der Waals surface area contributed by atoms with E-state index in [2.05, 4.69) is 15.0 Å². The minimum absolute atomic E-state index is 0.0651. The number of likely N-dealkylation sites (tertiary alicyclic amines) is 1. The fraction of sp³-hybridized carbons (Fsp3) is 0.333. The van der Waals surface area contributed by atoms with Crippen molar-refractivity contribution in [1.29, 1.82) is 5.41 Å². The van der Waals surface area contributed by atoms with Crippen LogP contribution in [0, 0.1) is 5.41 Å². The van der Waals surface area contributed by atoms with Crippen LogP contribution in [-0.4, -0.2) is 52.2 Å². The van der Waals surface area contributed by atoms with E-state index in [0.29, 0.717) is 5.17 Å². The molecule has 0 bridgehead atoms. The predicted molar refractivity (Wildman–Crippen MR) is 103 cm³/mol. The molecule has 1 fully saturated rings. The summed E-state index contributed by atoms with van der Waals surface area (Å²) in [6.07, 6.45) is 5.20. The Kier molecular flexibility index (Phi) is 4.50. The van der Waals surface area contributed by atoms with Crippen molar-refractivity contribution in [1.82, 2.24) is 9.91 Å². The Morgan fingerprint density at radius 3 is 2.58 bits per heavy atom. The molecule has 7 nitrogen and oxygen atoms in total. The van der Waals surface area contributed by atoms with Crippen molar-refractivity contribution in [3.63, 3.8) is 0 Å². The van der Waals surface area contributed by atoms with Crippen LogP contribution in [0.25, 0.3) is 6.08 Å². The van der Waals surface area contributed by atoms with Crippen molar-refractivity contribution in [3.05, 3.63) is 35.4 Å². The van der Waals surface area contributed by atoms with E-state index in [9.17, 15) is 4.79 Å². The van der Waals surface area contributed by atoms with E-state index in [1.165, 1.54) is 23.2 Å². The normalized spacial score (nSPS) is 21.7. The largest absolute Gasteiger partial charge is 0.497 e. The van der Waals surface area contributed by atoms with Gasteiger partial charge in [-0.2, -0.15) is 10.0 Å². The molecule has 0 unspecified atom stereocenters. The SMILES string of the molecule is COc1ccc(/C=C2/C(=N)N3N=C(N4CCCCC4)SC3=NC2=O)cc1. The van der Waals surface area contributed by atoms with Crippen molar-refractivity contribution < 1.29 is 9.53 Å². The van der Waals surface area contributed by atoms with Crippen LogP contribution in [0.5, 0.6) is 5.75 Å². The lowest BCUT2D eigenvalue weighted by molar-refractivity contribution is -0.114. The summed E-state index contributed by atoms with van der Waals surface area (Å²) in [6, 6.07) is 7.31. The number of nitrogens with zero attached hydrogens (tertiary/aromatic N) is 4. The smallest absolute Gasteiger partial charge is 0.283 e. The van der Waals surface area contributed by atoms with Crippen LogP contribution in [0.4, 0.5) is 0 Å². The van der Waals surface area contributed by atoms with Crippen molar-refractivity contribution in [2.75, 3.05) is 20.2 Å². The molecule has 1 amide bonds. The first-order valence-electron chi connectivity index (χ1n) is 8.55. The van der Waals surface area contributed by atoms with Gasteiger partial charge in [0.05, 0.1) is 12.7 Å². The van der Waals surface area contributed by atoms with Gasteiger partial charge in [-0.25, -0.2) is 0 Å². The number of carbonyl (C=O) groups is 1. The van der Waals surface area contributed by atoms with E-state index in [1.807, 2.05) is 24.3 Å². The van der Waals surface area contributed by atoms with E-state index in [-0.39, 0.29) is 11.4 Å². The number of hydrogen-bond acceptors (Lipinski definition) is 6. The van der Waals surface area contributed by atoms with Gasteiger partial charge in [0.25, 0.3) is 5.91 Å². The lowest BCUT2D eigenvalue weighted by atomic mass is 10.1. The van der Waals surface area contributed by atoms with Crippen molar-refractivity contribution in [2.45, 2.75) is 19.3 Å². The fourth-order valence-corrected chi connectivity index (χ4v) is 4.01. The number of methoxy groups -OCH3 is 1. The first kappa shape index (κ1) is 16.8. The molecule has 4 rings (SSSR count). The highest BCUT2D eigenvalue weighted by atomic mass is 32.2. The number of amides is 1. The van der Waals surface area contributed by atoms with Gasteiger partial charge in [0, 0.05) is 13.1 Å². The third-order valence-corrected chi connectivity index (χ3v) is 5.47. The maximum atomic E-state index is 12.4. The van der Waals surface area contributed by atoms with Crippen LogP contribution >= 0.6 is 11.8 Å². The Hall–Kier alpha value is -2.61. The van der Waals surface area contributed by atoms with Gasteiger partial charge in [0.15, 0.2) is 11.0 Å². The number of fused-ring (bicyclic) bond motifs is 1. The number of ether oxygens (including phenoxy) is 1. The number of benzene rings is 1. The summed E-state index contributed by atoms with van der Waals surface area (Å²) in [5.41, 5.74) is 1.05. The second kappa shape index (κ2) is 6.95. The Bertz CT molecular complexity index is 838. The number of rotatable bonds is 2. The van der Waals surface area contributed by atoms with E-state index in [1.54, 1.807) is 13.2 Å². The number of hydrazone groups is 1. The van der Waals surface area contributed by atoms with E-state index in [4.69, 9.17) is 10.1 Å². The highest BCUT2D eigenvalue weighted by Crippen LogP contribution is 2.30. The molecule has 1 aromatic rings. The number of amidine groups is 3. The number of aliphatic imine (C=N–C) groups is 1. The van der Waals surface area contributed by atoms with Gasteiger partial charge in [0.2, 0.25) is 5.17 Å². The molecule has 1 N–H and O–H groups in total. The van der Waals surface area contributed by atoms with Gasteiger partial charge in [-0.05, 0) is 54.8 Å². The average Bonchev–Trinajstić information content (AvgIpc) is 3.10. The number of thioether (sulfide) groups is 1. The molecule has 0 radical (unpaired) electrons. The highest BCUT2D eigenvalue weighted by molar-refractivity contribution is 8.26. The Balaban J connectivity index is 1.60. The van der Waals surface area contributed by atoms with Crippen LogP contribution in [0.1, 0.15) is 24.8 Å². The molecule has 3 aliphatic rings. The quantitative estimate of drug-likeness (QED) is 0.811. The van der Waals surface area contributed by atoms with Crippen LogP contribution in [-0.2, 0) is 4.79 Å². The lowest BCUT2D eigenvalue weighted by Gasteiger charge is -2.26. The van der Waals surface area contributed by atoms with Gasteiger partial charge in [0.1, 0.15) is 5.75 Å². The second-order valence-corrected chi connectivity index (χ2v) is 7.16. The number of hydrogen-bond donors (Lipinski definition) is 1. The molecule has 3 heterocycles. The van der Waals surface area contributed by atoms with Crippen molar-refractivity contribution in [3.8, 4) is 5.75 Å². The zero-order valence-corrected chi connectivity index (χ0v) is 15.3. The average molecular weight is 369 g/mol. The van der Waals surface area contributed by atoms with Crippen LogP contribution in [0.3, 0.4) is 0 Å². The Labute approximate surface area is 155 Å². The minimum Gasteiger partial charge on any atom is -0.497 e. The molecule has 1 aromatic carbocycles. The summed E-state index contributed by atoms with van der Waals surface area (Å²) in [5, 5.41) is 15.7.